The van der Waals surface area contributed by atoms with E-state index in [-0.39, 0.29) is 0 Å². The first-order valence-electron chi connectivity index (χ1n) is 6.45. The van der Waals surface area contributed by atoms with Crippen LogP contribution in [-0.4, -0.2) is 22.3 Å². The molecular weight excluding hydrogens is 224 g/mol. The molecule has 0 aliphatic carbocycles. The van der Waals surface area contributed by atoms with Crippen LogP contribution in [0.1, 0.15) is 25.8 Å². The van der Waals surface area contributed by atoms with E-state index in [4.69, 9.17) is 0 Å². The molecule has 2 N–H and O–H groups in total. The number of aromatic nitrogens is 1. The molecule has 1 aromatic heterocycles. The van der Waals surface area contributed by atoms with E-state index in [0.29, 0.717) is 0 Å². The van der Waals surface area contributed by atoms with Gasteiger partial charge in [0.05, 0.1) is 11.1 Å². The first-order chi connectivity index (χ1) is 8.51. The van der Waals surface area contributed by atoms with Crippen LogP contribution in [0.4, 0.5) is 0 Å². The second-order valence-corrected chi connectivity index (χ2v) is 5.46. The van der Waals surface area contributed by atoms with Crippen LogP contribution in [0.25, 0.3) is 10.9 Å². The molecule has 0 spiro atoms. The third-order valence-corrected chi connectivity index (χ3v) is 3.20. The number of fused-ring (bicyclic) bond motifs is 1. The SMILES string of the molecule is CNCc1cccc2ccn(CCC(C)(C)O)c12. The minimum Gasteiger partial charge on any atom is -0.390 e. The summed E-state index contributed by atoms with van der Waals surface area (Å²) in [6.45, 7) is 5.41. The van der Waals surface area contributed by atoms with Gasteiger partial charge in [-0.3, -0.25) is 0 Å². The van der Waals surface area contributed by atoms with Crippen LogP contribution in [0.5, 0.6) is 0 Å². The molecule has 3 nitrogen and oxygen atoms in total. The van der Waals surface area contributed by atoms with Gasteiger partial charge in [-0.05, 0) is 44.3 Å². The summed E-state index contributed by atoms with van der Waals surface area (Å²) in [6, 6.07) is 8.52. The molecule has 98 valence electrons. The van der Waals surface area contributed by atoms with Gasteiger partial charge in [0.1, 0.15) is 0 Å². The summed E-state index contributed by atoms with van der Waals surface area (Å²) in [5, 5.41) is 14.3. The average Bonchev–Trinajstić information content (AvgIpc) is 2.70. The quantitative estimate of drug-likeness (QED) is 0.850. The molecule has 2 rings (SSSR count). The first kappa shape index (κ1) is 13.1. The van der Waals surface area contributed by atoms with Gasteiger partial charge in [-0.1, -0.05) is 18.2 Å². The lowest BCUT2D eigenvalue weighted by atomic mass is 10.1. The Morgan fingerprint density at radius 3 is 2.72 bits per heavy atom. The standard InChI is InChI=1S/C15H22N2O/c1-15(2,18)8-10-17-9-7-12-5-4-6-13(11-16-3)14(12)17/h4-7,9,16,18H,8,10-11H2,1-3H3. The van der Waals surface area contributed by atoms with Crippen LogP contribution >= 0.6 is 0 Å². The summed E-state index contributed by atoms with van der Waals surface area (Å²) in [5.41, 5.74) is 1.96. The van der Waals surface area contributed by atoms with Gasteiger partial charge >= 0.3 is 0 Å². The molecule has 0 saturated heterocycles. The smallest absolute Gasteiger partial charge is 0.0608 e. The summed E-state index contributed by atoms with van der Waals surface area (Å²) < 4.78 is 2.24. The number of hydrogen-bond acceptors (Lipinski definition) is 2. The summed E-state index contributed by atoms with van der Waals surface area (Å²) in [4.78, 5) is 0. The van der Waals surface area contributed by atoms with Crippen molar-refractivity contribution >= 4 is 10.9 Å². The predicted octanol–water partition coefficient (Wildman–Crippen LogP) is 2.52. The molecule has 0 amide bonds. The van der Waals surface area contributed by atoms with Crippen molar-refractivity contribution in [3.63, 3.8) is 0 Å². The van der Waals surface area contributed by atoms with Crippen LogP contribution in [0.15, 0.2) is 30.5 Å². The van der Waals surface area contributed by atoms with E-state index in [1.807, 2.05) is 20.9 Å². The Labute approximate surface area is 108 Å². The Bertz CT molecular complexity index is 523. The van der Waals surface area contributed by atoms with Crippen molar-refractivity contribution in [2.45, 2.75) is 39.0 Å². The highest BCUT2D eigenvalue weighted by Gasteiger charge is 2.13. The van der Waals surface area contributed by atoms with Crippen molar-refractivity contribution in [2.75, 3.05) is 7.05 Å². The number of benzene rings is 1. The number of para-hydroxylation sites is 1. The number of nitrogens with zero attached hydrogens (tertiary/aromatic N) is 1. The molecule has 0 bridgehead atoms. The molecule has 0 saturated carbocycles. The topological polar surface area (TPSA) is 37.2 Å². The fraction of sp³-hybridized carbons (Fsp3) is 0.467. The molecule has 18 heavy (non-hydrogen) atoms. The molecule has 2 aromatic rings. The van der Waals surface area contributed by atoms with E-state index >= 15 is 0 Å². The maximum Gasteiger partial charge on any atom is 0.0608 e. The van der Waals surface area contributed by atoms with E-state index in [1.54, 1.807) is 0 Å². The molecule has 0 radical (unpaired) electrons. The van der Waals surface area contributed by atoms with Crippen molar-refractivity contribution in [3.8, 4) is 0 Å². The minimum atomic E-state index is -0.617. The Morgan fingerprint density at radius 1 is 1.28 bits per heavy atom. The molecule has 0 aliphatic rings. The zero-order valence-corrected chi connectivity index (χ0v) is 11.4. The lowest BCUT2D eigenvalue weighted by Gasteiger charge is -2.18. The Kier molecular flexibility index (Phi) is 3.73. The van der Waals surface area contributed by atoms with Crippen molar-refractivity contribution in [3.05, 3.63) is 36.0 Å². The fourth-order valence-corrected chi connectivity index (χ4v) is 2.25. The third kappa shape index (κ3) is 2.92. The highest BCUT2D eigenvalue weighted by molar-refractivity contribution is 5.83. The van der Waals surface area contributed by atoms with Gasteiger partial charge < -0.3 is 15.0 Å². The zero-order chi connectivity index (χ0) is 13.2. The van der Waals surface area contributed by atoms with Crippen molar-refractivity contribution in [2.24, 2.45) is 0 Å². The number of aliphatic hydroxyl groups is 1. The van der Waals surface area contributed by atoms with Gasteiger partial charge in [0.25, 0.3) is 0 Å². The van der Waals surface area contributed by atoms with E-state index in [1.165, 1.54) is 16.5 Å². The maximum atomic E-state index is 9.84. The molecule has 0 aliphatic heterocycles. The minimum absolute atomic E-state index is 0.617. The lowest BCUT2D eigenvalue weighted by Crippen LogP contribution is -2.21. The van der Waals surface area contributed by atoms with Crippen LogP contribution in [0, 0.1) is 0 Å². The van der Waals surface area contributed by atoms with E-state index in [2.05, 4.69) is 40.3 Å². The van der Waals surface area contributed by atoms with Crippen molar-refractivity contribution < 1.29 is 5.11 Å². The maximum absolute atomic E-state index is 9.84. The van der Waals surface area contributed by atoms with Crippen LogP contribution in [0.3, 0.4) is 0 Å². The van der Waals surface area contributed by atoms with Crippen LogP contribution in [0.2, 0.25) is 0 Å². The van der Waals surface area contributed by atoms with Crippen molar-refractivity contribution in [1.82, 2.24) is 9.88 Å². The van der Waals surface area contributed by atoms with Gasteiger partial charge in [0.15, 0.2) is 0 Å². The van der Waals surface area contributed by atoms with Crippen molar-refractivity contribution in [1.29, 1.82) is 0 Å². The zero-order valence-electron chi connectivity index (χ0n) is 11.4. The highest BCUT2D eigenvalue weighted by Crippen LogP contribution is 2.22. The molecular formula is C15H22N2O. The number of nitrogens with one attached hydrogen (secondary N) is 1. The summed E-state index contributed by atoms with van der Waals surface area (Å²) in [5.74, 6) is 0. The van der Waals surface area contributed by atoms with Crippen LogP contribution in [-0.2, 0) is 13.1 Å². The largest absolute Gasteiger partial charge is 0.390 e. The third-order valence-electron chi connectivity index (χ3n) is 3.20. The number of aryl methyl sites for hydroxylation is 1. The molecule has 0 unspecified atom stereocenters. The molecule has 1 aromatic carbocycles. The second kappa shape index (κ2) is 5.12. The molecule has 1 heterocycles. The van der Waals surface area contributed by atoms with E-state index < -0.39 is 5.60 Å². The Morgan fingerprint density at radius 2 is 2.06 bits per heavy atom. The lowest BCUT2D eigenvalue weighted by molar-refractivity contribution is 0.0666. The fourth-order valence-electron chi connectivity index (χ4n) is 2.25. The second-order valence-electron chi connectivity index (χ2n) is 5.46. The summed E-state index contributed by atoms with van der Waals surface area (Å²) in [7, 11) is 1.96. The van der Waals surface area contributed by atoms with E-state index in [0.717, 1.165) is 19.5 Å². The Hall–Kier alpha value is -1.32. The van der Waals surface area contributed by atoms with Gasteiger partial charge in [-0.25, -0.2) is 0 Å². The summed E-state index contributed by atoms with van der Waals surface area (Å²) >= 11 is 0. The monoisotopic (exact) mass is 246 g/mol. The number of hydrogen-bond donors (Lipinski definition) is 2. The van der Waals surface area contributed by atoms with Gasteiger partial charge in [0, 0.05) is 19.3 Å². The summed E-state index contributed by atoms with van der Waals surface area (Å²) in [6.07, 6.45) is 2.86. The first-order valence-corrected chi connectivity index (χ1v) is 6.45. The molecule has 0 fully saturated rings. The van der Waals surface area contributed by atoms with Gasteiger partial charge in [0.2, 0.25) is 0 Å². The van der Waals surface area contributed by atoms with Crippen LogP contribution < -0.4 is 5.32 Å². The molecule has 3 heteroatoms. The normalized spacial score (nSPS) is 12.2. The number of rotatable bonds is 5. The van der Waals surface area contributed by atoms with Gasteiger partial charge in [-0.2, -0.15) is 0 Å². The predicted molar refractivity (Wildman–Crippen MR) is 75.6 cm³/mol. The Balaban J connectivity index is 2.33. The highest BCUT2D eigenvalue weighted by atomic mass is 16.3. The van der Waals surface area contributed by atoms with E-state index in [9.17, 15) is 5.11 Å². The van der Waals surface area contributed by atoms with Gasteiger partial charge in [-0.15, -0.1) is 0 Å². The average molecular weight is 246 g/mol. The molecule has 0 atom stereocenters.